The number of amides is 2. The van der Waals surface area contributed by atoms with Gasteiger partial charge in [0.15, 0.2) is 0 Å². The third-order valence-electron chi connectivity index (χ3n) is 3.06. The fraction of sp³-hybridized carbons (Fsp3) is 0.846. The lowest BCUT2D eigenvalue weighted by molar-refractivity contribution is -0.132. The van der Waals surface area contributed by atoms with Crippen LogP contribution in [0.1, 0.15) is 40.0 Å². The zero-order chi connectivity index (χ0) is 14.1. The molecular formula is C13H27N3O2. The molecule has 0 fully saturated rings. The van der Waals surface area contributed by atoms with Crippen LogP contribution in [0.15, 0.2) is 0 Å². The van der Waals surface area contributed by atoms with Gasteiger partial charge in [0.25, 0.3) is 0 Å². The van der Waals surface area contributed by atoms with Gasteiger partial charge in [0.2, 0.25) is 11.8 Å². The van der Waals surface area contributed by atoms with E-state index in [0.717, 1.165) is 19.3 Å². The van der Waals surface area contributed by atoms with Crippen molar-refractivity contribution in [1.82, 2.24) is 10.2 Å². The Balaban J connectivity index is 3.84. The number of nitrogens with one attached hydrogen (secondary N) is 1. The number of rotatable bonds is 8. The van der Waals surface area contributed by atoms with Crippen LogP contribution in [0, 0.1) is 5.92 Å². The third-order valence-corrected chi connectivity index (χ3v) is 3.06. The molecule has 0 rings (SSSR count). The summed E-state index contributed by atoms with van der Waals surface area (Å²) in [4.78, 5) is 24.8. The first kappa shape index (κ1) is 16.9. The summed E-state index contributed by atoms with van der Waals surface area (Å²) < 4.78 is 0. The van der Waals surface area contributed by atoms with Crippen LogP contribution in [0.3, 0.4) is 0 Å². The first-order chi connectivity index (χ1) is 8.38. The monoisotopic (exact) mass is 257 g/mol. The zero-order valence-electron chi connectivity index (χ0n) is 12.0. The van der Waals surface area contributed by atoms with Gasteiger partial charge in [0.1, 0.15) is 0 Å². The molecule has 0 radical (unpaired) electrons. The van der Waals surface area contributed by atoms with E-state index in [2.05, 4.69) is 5.32 Å². The van der Waals surface area contributed by atoms with Gasteiger partial charge < -0.3 is 16.0 Å². The minimum atomic E-state index is -0.0662. The van der Waals surface area contributed by atoms with E-state index in [0.29, 0.717) is 6.54 Å². The Morgan fingerprint density at radius 2 is 1.89 bits per heavy atom. The molecule has 2 atom stereocenters. The van der Waals surface area contributed by atoms with Crippen LogP contribution < -0.4 is 11.1 Å². The van der Waals surface area contributed by atoms with Crippen molar-refractivity contribution in [2.75, 3.05) is 20.1 Å². The highest BCUT2D eigenvalue weighted by Gasteiger charge is 2.14. The van der Waals surface area contributed by atoms with Crippen LogP contribution in [-0.4, -0.2) is 42.9 Å². The largest absolute Gasteiger partial charge is 0.347 e. The Kier molecular flexibility index (Phi) is 8.37. The number of hydrogen-bond donors (Lipinski definition) is 2. The van der Waals surface area contributed by atoms with Gasteiger partial charge in [-0.2, -0.15) is 0 Å². The molecule has 5 nitrogen and oxygen atoms in total. The van der Waals surface area contributed by atoms with Crippen LogP contribution in [0.2, 0.25) is 0 Å². The van der Waals surface area contributed by atoms with Crippen molar-refractivity contribution >= 4 is 11.8 Å². The number of likely N-dealkylation sites (N-methyl/N-ethyl adjacent to an activating group) is 1. The molecule has 0 aliphatic rings. The van der Waals surface area contributed by atoms with E-state index >= 15 is 0 Å². The van der Waals surface area contributed by atoms with E-state index < -0.39 is 0 Å². The van der Waals surface area contributed by atoms with Gasteiger partial charge >= 0.3 is 0 Å². The fourth-order valence-electron chi connectivity index (χ4n) is 1.53. The molecule has 2 amide bonds. The van der Waals surface area contributed by atoms with E-state index in [1.165, 1.54) is 0 Å². The number of carbonyl (C=O) groups excluding carboxylic acids is 2. The zero-order valence-corrected chi connectivity index (χ0v) is 12.0. The highest BCUT2D eigenvalue weighted by atomic mass is 16.2. The molecule has 18 heavy (non-hydrogen) atoms. The molecule has 0 aromatic rings. The van der Waals surface area contributed by atoms with Gasteiger partial charge in [-0.15, -0.1) is 0 Å². The van der Waals surface area contributed by atoms with E-state index in [1.54, 1.807) is 11.9 Å². The minimum absolute atomic E-state index is 0.0578. The summed E-state index contributed by atoms with van der Waals surface area (Å²) >= 11 is 0. The lowest BCUT2D eigenvalue weighted by atomic mass is 10.0. The maximum absolute atomic E-state index is 11.7. The summed E-state index contributed by atoms with van der Waals surface area (Å²) in [7, 11) is 1.72. The predicted octanol–water partition coefficient (Wildman–Crippen LogP) is 0.735. The van der Waals surface area contributed by atoms with E-state index in [-0.39, 0.29) is 30.3 Å². The Labute approximate surface area is 110 Å². The van der Waals surface area contributed by atoms with Crippen molar-refractivity contribution in [2.45, 2.75) is 46.1 Å². The lowest BCUT2D eigenvalue weighted by Gasteiger charge is -2.16. The molecular weight excluding hydrogens is 230 g/mol. The highest BCUT2D eigenvalue weighted by molar-refractivity contribution is 5.85. The van der Waals surface area contributed by atoms with Crippen LogP contribution >= 0.6 is 0 Å². The second-order valence-electron chi connectivity index (χ2n) is 4.93. The Morgan fingerprint density at radius 3 is 2.39 bits per heavy atom. The summed E-state index contributed by atoms with van der Waals surface area (Å²) in [6.45, 7) is 6.48. The van der Waals surface area contributed by atoms with Gasteiger partial charge in [-0.3, -0.25) is 9.59 Å². The summed E-state index contributed by atoms with van der Waals surface area (Å²) in [5.74, 6) is -0.186. The molecule has 0 bridgehead atoms. The standard InChI is InChI=1S/C13H27N3O2/c1-5-16(4)12(17)9-15-13(18)10(2)7-6-8-11(3)14/h10-11H,5-9,14H2,1-4H3,(H,15,18). The maximum Gasteiger partial charge on any atom is 0.241 e. The van der Waals surface area contributed by atoms with Gasteiger partial charge in [-0.05, 0) is 26.7 Å². The topological polar surface area (TPSA) is 75.4 Å². The van der Waals surface area contributed by atoms with Gasteiger partial charge in [-0.25, -0.2) is 0 Å². The quantitative estimate of drug-likeness (QED) is 0.673. The molecule has 5 heteroatoms. The SMILES string of the molecule is CCN(C)C(=O)CNC(=O)C(C)CCCC(C)N. The summed E-state index contributed by atoms with van der Waals surface area (Å²) in [6.07, 6.45) is 2.68. The lowest BCUT2D eigenvalue weighted by Crippen LogP contribution is -2.39. The molecule has 0 heterocycles. The maximum atomic E-state index is 11.7. The Bertz CT molecular complexity index is 267. The first-order valence-corrected chi connectivity index (χ1v) is 6.65. The van der Waals surface area contributed by atoms with Crippen molar-refractivity contribution in [1.29, 1.82) is 0 Å². The second kappa shape index (κ2) is 8.91. The molecule has 2 unspecified atom stereocenters. The molecule has 0 saturated carbocycles. The predicted molar refractivity (Wildman–Crippen MR) is 73.0 cm³/mol. The molecule has 0 saturated heterocycles. The summed E-state index contributed by atoms with van der Waals surface area (Å²) in [6, 6.07) is 0.181. The molecule has 0 aromatic carbocycles. The van der Waals surface area contributed by atoms with Crippen molar-refractivity contribution < 1.29 is 9.59 Å². The normalized spacial score (nSPS) is 13.8. The molecule has 0 aliphatic carbocycles. The summed E-state index contributed by atoms with van der Waals surface area (Å²) in [5, 5.41) is 2.67. The van der Waals surface area contributed by atoms with Gasteiger partial charge in [-0.1, -0.05) is 13.3 Å². The van der Waals surface area contributed by atoms with E-state index in [9.17, 15) is 9.59 Å². The molecule has 3 N–H and O–H groups in total. The highest BCUT2D eigenvalue weighted by Crippen LogP contribution is 2.08. The van der Waals surface area contributed by atoms with Crippen molar-refractivity contribution in [3.8, 4) is 0 Å². The van der Waals surface area contributed by atoms with Crippen molar-refractivity contribution in [2.24, 2.45) is 11.7 Å². The Hall–Kier alpha value is -1.10. The number of hydrogen-bond acceptors (Lipinski definition) is 3. The third kappa shape index (κ3) is 7.27. The number of nitrogens with two attached hydrogens (primary N) is 1. The van der Waals surface area contributed by atoms with Gasteiger partial charge in [0.05, 0.1) is 6.54 Å². The van der Waals surface area contributed by atoms with Gasteiger partial charge in [0, 0.05) is 25.6 Å². The second-order valence-corrected chi connectivity index (χ2v) is 4.93. The first-order valence-electron chi connectivity index (χ1n) is 6.65. The minimum Gasteiger partial charge on any atom is -0.347 e. The smallest absolute Gasteiger partial charge is 0.241 e. The van der Waals surface area contributed by atoms with Crippen LogP contribution in [0.5, 0.6) is 0 Å². The fourth-order valence-corrected chi connectivity index (χ4v) is 1.53. The van der Waals surface area contributed by atoms with E-state index in [1.807, 2.05) is 20.8 Å². The Morgan fingerprint density at radius 1 is 1.28 bits per heavy atom. The number of nitrogens with zero attached hydrogens (tertiary/aromatic N) is 1. The summed E-state index contributed by atoms with van der Waals surface area (Å²) in [5.41, 5.74) is 5.65. The van der Waals surface area contributed by atoms with Crippen molar-refractivity contribution in [3.63, 3.8) is 0 Å². The molecule has 0 aliphatic heterocycles. The molecule has 106 valence electrons. The van der Waals surface area contributed by atoms with Crippen LogP contribution in [0.4, 0.5) is 0 Å². The average molecular weight is 257 g/mol. The average Bonchev–Trinajstić information content (AvgIpc) is 2.33. The molecule has 0 spiro atoms. The van der Waals surface area contributed by atoms with Crippen LogP contribution in [-0.2, 0) is 9.59 Å². The molecule has 0 aromatic heterocycles. The van der Waals surface area contributed by atoms with Crippen LogP contribution in [0.25, 0.3) is 0 Å². The van der Waals surface area contributed by atoms with E-state index in [4.69, 9.17) is 5.73 Å². The van der Waals surface area contributed by atoms with Crippen molar-refractivity contribution in [3.05, 3.63) is 0 Å². The number of carbonyl (C=O) groups is 2.